The number of carbonyl (C=O) groups is 1. The summed E-state index contributed by atoms with van der Waals surface area (Å²) in [7, 11) is 1.58. The number of esters is 1. The van der Waals surface area contributed by atoms with Crippen LogP contribution in [0, 0.1) is 0 Å². The average molecular weight is 310 g/mol. The molecule has 0 radical (unpaired) electrons. The number of carbonyl (C=O) groups excluding carboxylic acids is 1. The van der Waals surface area contributed by atoms with E-state index in [1.807, 2.05) is 12.2 Å². The standard InChI is InChI=1S/C14H22N4O4/c1-3-4-5-6-7-8-9-13(19)22-14-15-16-17-18(14)12-21-11-10-20-2/h3-5H,1,6-12H2,2H3. The highest BCUT2D eigenvalue weighted by atomic mass is 16.6. The molecule has 0 aliphatic heterocycles. The Morgan fingerprint density at radius 1 is 1.36 bits per heavy atom. The van der Waals surface area contributed by atoms with Gasteiger partial charge in [0.15, 0.2) is 0 Å². The van der Waals surface area contributed by atoms with Crippen LogP contribution in [0.3, 0.4) is 0 Å². The molecule has 1 rings (SSSR count). The molecule has 1 heterocycles. The summed E-state index contributed by atoms with van der Waals surface area (Å²) in [5, 5.41) is 10.8. The van der Waals surface area contributed by atoms with Gasteiger partial charge < -0.3 is 14.2 Å². The van der Waals surface area contributed by atoms with E-state index in [-0.39, 0.29) is 18.7 Å². The van der Waals surface area contributed by atoms with Crippen LogP contribution < -0.4 is 4.74 Å². The van der Waals surface area contributed by atoms with Crippen LogP contribution in [-0.4, -0.2) is 46.5 Å². The van der Waals surface area contributed by atoms with Crippen LogP contribution >= 0.6 is 0 Å². The van der Waals surface area contributed by atoms with Crippen LogP contribution in [0.2, 0.25) is 0 Å². The molecule has 0 aromatic carbocycles. The van der Waals surface area contributed by atoms with Gasteiger partial charge in [0.25, 0.3) is 0 Å². The maximum atomic E-state index is 11.7. The van der Waals surface area contributed by atoms with E-state index in [0.29, 0.717) is 19.6 Å². The highest BCUT2D eigenvalue weighted by Crippen LogP contribution is 2.07. The van der Waals surface area contributed by atoms with E-state index in [0.717, 1.165) is 19.3 Å². The minimum absolute atomic E-state index is 0.0361. The highest BCUT2D eigenvalue weighted by molar-refractivity contribution is 5.71. The van der Waals surface area contributed by atoms with Gasteiger partial charge in [0.05, 0.1) is 13.2 Å². The minimum Gasteiger partial charge on any atom is -0.390 e. The Kier molecular flexibility index (Phi) is 9.47. The summed E-state index contributed by atoms with van der Waals surface area (Å²) in [4.78, 5) is 11.7. The minimum atomic E-state index is -0.361. The van der Waals surface area contributed by atoms with Gasteiger partial charge in [-0.15, -0.1) is 0 Å². The third kappa shape index (κ3) is 7.65. The van der Waals surface area contributed by atoms with Crippen molar-refractivity contribution in [1.29, 1.82) is 0 Å². The van der Waals surface area contributed by atoms with Crippen molar-refractivity contribution in [2.24, 2.45) is 0 Å². The van der Waals surface area contributed by atoms with Gasteiger partial charge >= 0.3 is 12.0 Å². The molecule has 1 aromatic rings. The second-order valence-electron chi connectivity index (χ2n) is 4.37. The number of tetrazole rings is 1. The van der Waals surface area contributed by atoms with Crippen LogP contribution in [0.15, 0.2) is 24.8 Å². The topological polar surface area (TPSA) is 88.4 Å². The third-order valence-corrected chi connectivity index (χ3v) is 2.62. The number of hydrogen-bond acceptors (Lipinski definition) is 7. The van der Waals surface area contributed by atoms with E-state index >= 15 is 0 Å². The first-order valence-electron chi connectivity index (χ1n) is 7.09. The summed E-state index contributed by atoms with van der Waals surface area (Å²) in [6, 6.07) is 0.0361. The fourth-order valence-electron chi connectivity index (χ4n) is 1.52. The first-order chi connectivity index (χ1) is 10.8. The molecule has 122 valence electrons. The summed E-state index contributed by atoms with van der Waals surface area (Å²) in [5.41, 5.74) is 0. The van der Waals surface area contributed by atoms with Crippen molar-refractivity contribution in [3.63, 3.8) is 0 Å². The van der Waals surface area contributed by atoms with E-state index in [2.05, 4.69) is 22.1 Å². The summed E-state index contributed by atoms with van der Waals surface area (Å²) >= 11 is 0. The van der Waals surface area contributed by atoms with Crippen LogP contribution in [0.4, 0.5) is 0 Å². The predicted molar refractivity (Wildman–Crippen MR) is 79.1 cm³/mol. The Labute approximate surface area is 129 Å². The lowest BCUT2D eigenvalue weighted by molar-refractivity contribution is -0.135. The summed E-state index contributed by atoms with van der Waals surface area (Å²) in [6.45, 7) is 4.57. The van der Waals surface area contributed by atoms with E-state index < -0.39 is 0 Å². The smallest absolute Gasteiger partial charge is 0.345 e. The van der Waals surface area contributed by atoms with E-state index in [1.165, 1.54) is 4.68 Å². The van der Waals surface area contributed by atoms with Crippen molar-refractivity contribution < 1.29 is 19.0 Å². The fourth-order valence-corrected chi connectivity index (χ4v) is 1.52. The average Bonchev–Trinajstić information content (AvgIpc) is 2.94. The van der Waals surface area contributed by atoms with Gasteiger partial charge in [-0.3, -0.25) is 4.79 Å². The van der Waals surface area contributed by atoms with E-state index in [1.54, 1.807) is 13.2 Å². The molecule has 0 atom stereocenters. The van der Waals surface area contributed by atoms with Gasteiger partial charge in [-0.1, -0.05) is 29.9 Å². The molecule has 8 nitrogen and oxygen atoms in total. The Hall–Kier alpha value is -2.06. The summed E-state index contributed by atoms with van der Waals surface area (Å²) < 4.78 is 16.5. The van der Waals surface area contributed by atoms with Gasteiger partial charge in [-0.2, -0.15) is 4.68 Å². The van der Waals surface area contributed by atoms with Crippen molar-refractivity contribution in [2.45, 2.75) is 32.4 Å². The number of rotatable bonds is 12. The normalized spacial score (nSPS) is 11.0. The Balaban J connectivity index is 2.25. The maximum absolute atomic E-state index is 11.7. The number of ether oxygens (including phenoxy) is 3. The molecule has 0 saturated heterocycles. The molecule has 0 fully saturated rings. The summed E-state index contributed by atoms with van der Waals surface area (Å²) in [6.07, 6.45) is 8.50. The zero-order chi connectivity index (χ0) is 16.0. The first kappa shape index (κ1) is 18.0. The first-order valence-corrected chi connectivity index (χ1v) is 7.09. The van der Waals surface area contributed by atoms with Crippen molar-refractivity contribution in [2.75, 3.05) is 20.3 Å². The monoisotopic (exact) mass is 310 g/mol. The third-order valence-electron chi connectivity index (χ3n) is 2.62. The highest BCUT2D eigenvalue weighted by Gasteiger charge is 2.12. The van der Waals surface area contributed by atoms with Crippen LogP contribution in [0.25, 0.3) is 0 Å². The lowest BCUT2D eigenvalue weighted by atomic mass is 10.2. The van der Waals surface area contributed by atoms with Crippen molar-refractivity contribution in [1.82, 2.24) is 20.2 Å². The molecule has 0 saturated carbocycles. The summed E-state index contributed by atoms with van der Waals surface area (Å²) in [5.74, 6) is -0.361. The molecule has 0 unspecified atom stereocenters. The second kappa shape index (κ2) is 11.6. The molecule has 0 aliphatic rings. The molecule has 0 spiro atoms. The Morgan fingerprint density at radius 3 is 3.00 bits per heavy atom. The Bertz CT molecular complexity index is 473. The quantitative estimate of drug-likeness (QED) is 0.328. The van der Waals surface area contributed by atoms with E-state index in [4.69, 9.17) is 14.2 Å². The number of nitrogens with zero attached hydrogens (tertiary/aromatic N) is 4. The van der Waals surface area contributed by atoms with Gasteiger partial charge in [-0.25, -0.2) is 0 Å². The zero-order valence-corrected chi connectivity index (χ0v) is 12.8. The van der Waals surface area contributed by atoms with Crippen LogP contribution in [0.5, 0.6) is 6.01 Å². The lowest BCUT2D eigenvalue weighted by Crippen LogP contribution is -2.14. The van der Waals surface area contributed by atoms with Gasteiger partial charge in [0, 0.05) is 13.5 Å². The molecule has 0 amide bonds. The molecule has 1 aromatic heterocycles. The largest absolute Gasteiger partial charge is 0.390 e. The number of methoxy groups -OCH3 is 1. The fraction of sp³-hybridized carbons (Fsp3) is 0.571. The number of aromatic nitrogens is 4. The molecule has 0 aliphatic carbocycles. The van der Waals surface area contributed by atoms with Gasteiger partial charge in [0.1, 0.15) is 6.73 Å². The molecule has 22 heavy (non-hydrogen) atoms. The van der Waals surface area contributed by atoms with Crippen molar-refractivity contribution in [3.8, 4) is 6.01 Å². The maximum Gasteiger partial charge on any atom is 0.345 e. The van der Waals surface area contributed by atoms with E-state index in [9.17, 15) is 4.79 Å². The van der Waals surface area contributed by atoms with Crippen molar-refractivity contribution in [3.05, 3.63) is 24.8 Å². The number of allylic oxidation sites excluding steroid dienone is 3. The molecular formula is C14H22N4O4. The SMILES string of the molecule is C=CC=CCCCCC(=O)Oc1nnnn1COCCOC. The van der Waals surface area contributed by atoms with Gasteiger partial charge in [0.2, 0.25) is 0 Å². The molecule has 8 heteroatoms. The predicted octanol–water partition coefficient (Wildman–Crippen LogP) is 1.50. The number of unbranched alkanes of at least 4 members (excludes halogenated alkanes) is 2. The van der Waals surface area contributed by atoms with Crippen LogP contribution in [0.1, 0.15) is 25.7 Å². The molecular weight excluding hydrogens is 288 g/mol. The van der Waals surface area contributed by atoms with Crippen molar-refractivity contribution >= 4 is 5.97 Å². The molecule has 0 N–H and O–H groups in total. The zero-order valence-electron chi connectivity index (χ0n) is 12.8. The number of hydrogen-bond donors (Lipinski definition) is 0. The van der Waals surface area contributed by atoms with Crippen LogP contribution in [-0.2, 0) is 21.0 Å². The van der Waals surface area contributed by atoms with Gasteiger partial charge in [-0.05, 0) is 29.7 Å². The Morgan fingerprint density at radius 2 is 2.23 bits per heavy atom. The second-order valence-corrected chi connectivity index (χ2v) is 4.37. The molecule has 0 bridgehead atoms. The lowest BCUT2D eigenvalue weighted by Gasteiger charge is -2.05.